The number of carbonyl (C=O) groups is 1. The van der Waals surface area contributed by atoms with E-state index < -0.39 is 44.0 Å². The van der Waals surface area contributed by atoms with Crippen LogP contribution in [0, 0.1) is 10.7 Å². The minimum atomic E-state index is -5.26. The lowest BCUT2D eigenvalue weighted by Gasteiger charge is -2.05. The summed E-state index contributed by atoms with van der Waals surface area (Å²) in [7, 11) is -3.64. The number of amides is 1. The zero-order chi connectivity index (χ0) is 16.4. The number of carbonyl (C=O) groups excluding carboxylic acids is 1. The van der Waals surface area contributed by atoms with E-state index in [1.165, 1.54) is 0 Å². The van der Waals surface area contributed by atoms with Crippen molar-refractivity contribution >= 4 is 21.3 Å². The fourth-order valence-electron chi connectivity index (χ4n) is 1.40. The van der Waals surface area contributed by atoms with E-state index in [0.29, 0.717) is 6.07 Å². The van der Waals surface area contributed by atoms with Crippen LogP contribution >= 0.6 is 0 Å². The Labute approximate surface area is 116 Å². The second kappa shape index (κ2) is 5.76. The van der Waals surface area contributed by atoms with Crippen LogP contribution in [0.3, 0.4) is 0 Å². The summed E-state index contributed by atoms with van der Waals surface area (Å²) in [5.41, 5.74) is -0.700. The van der Waals surface area contributed by atoms with E-state index in [1.807, 2.05) is 0 Å². The molecule has 0 saturated carbocycles. The largest absolute Gasteiger partial charge is 0.474 e. The molecule has 21 heavy (non-hydrogen) atoms. The van der Waals surface area contributed by atoms with Crippen LogP contribution in [0.4, 0.5) is 23.2 Å². The third-order valence-corrected chi connectivity index (χ3v) is 3.54. The fourth-order valence-corrected chi connectivity index (χ4v) is 2.70. The van der Waals surface area contributed by atoms with Crippen molar-refractivity contribution in [2.75, 3.05) is 6.26 Å². The summed E-state index contributed by atoms with van der Waals surface area (Å²) in [6.45, 7) is 0. The number of hydrogen-bond donors (Lipinski definition) is 1. The maximum atomic E-state index is 13.2. The first-order valence-corrected chi connectivity index (χ1v) is 7.26. The molecule has 1 unspecified atom stereocenters. The van der Waals surface area contributed by atoms with Crippen molar-refractivity contribution in [1.29, 1.82) is 0 Å². The summed E-state index contributed by atoms with van der Waals surface area (Å²) in [6, 6.07) is 2.36. The van der Waals surface area contributed by atoms with Gasteiger partial charge in [-0.1, -0.05) is 0 Å². The van der Waals surface area contributed by atoms with E-state index in [2.05, 4.69) is 4.36 Å². The van der Waals surface area contributed by atoms with Gasteiger partial charge >= 0.3 is 17.8 Å². The number of alkyl halides is 3. The first-order chi connectivity index (χ1) is 9.40. The molecule has 0 radical (unpaired) electrons. The molecule has 1 N–H and O–H groups in total. The Balaban J connectivity index is 3.16. The molecule has 11 heteroatoms. The van der Waals surface area contributed by atoms with Crippen LogP contribution in [-0.4, -0.2) is 32.7 Å². The molecule has 0 saturated heterocycles. The molecule has 0 heterocycles. The lowest BCUT2D eigenvalue weighted by molar-refractivity contribution is -0.729. The van der Waals surface area contributed by atoms with Crippen LogP contribution in [0.1, 0.15) is 5.56 Å². The minimum absolute atomic E-state index is 0.161. The van der Waals surface area contributed by atoms with Crippen LogP contribution in [0.25, 0.3) is 0 Å². The molecule has 1 atom stereocenters. The SMILES string of the molecule is CS(=O)(Cc1cc(F)cc([N+](=O)O)c1)=NC(=O)C(F)(F)F. The Morgan fingerprint density at radius 1 is 1.38 bits per heavy atom. The van der Waals surface area contributed by atoms with Crippen LogP contribution < -0.4 is 0 Å². The average Bonchev–Trinajstić information content (AvgIpc) is 2.24. The predicted octanol–water partition coefficient (Wildman–Crippen LogP) is 2.31. The maximum Gasteiger partial charge on any atom is 0.474 e. The van der Waals surface area contributed by atoms with Crippen LogP contribution in [0.15, 0.2) is 22.6 Å². The molecular weight excluding hydrogens is 320 g/mol. The van der Waals surface area contributed by atoms with E-state index in [-0.39, 0.29) is 5.56 Å². The van der Waals surface area contributed by atoms with Gasteiger partial charge in [0.25, 0.3) is 4.92 Å². The summed E-state index contributed by atoms with van der Waals surface area (Å²) in [5.74, 6) is -4.19. The highest BCUT2D eigenvalue weighted by atomic mass is 32.2. The van der Waals surface area contributed by atoms with Gasteiger partial charge in [0, 0.05) is 12.3 Å². The zero-order valence-corrected chi connectivity index (χ0v) is 11.2. The molecule has 0 aliphatic rings. The summed E-state index contributed by atoms with van der Waals surface area (Å²) in [4.78, 5) is 20.6. The van der Waals surface area contributed by atoms with E-state index in [4.69, 9.17) is 5.21 Å². The van der Waals surface area contributed by atoms with Gasteiger partial charge in [-0.05, 0) is 11.6 Å². The Kier molecular flexibility index (Phi) is 4.66. The Hall–Kier alpha value is -2.04. The van der Waals surface area contributed by atoms with Gasteiger partial charge in [-0.25, -0.2) is 13.8 Å². The average molecular weight is 329 g/mol. The van der Waals surface area contributed by atoms with Gasteiger partial charge in [-0.15, -0.1) is 0 Å². The second-order valence-electron chi connectivity index (χ2n) is 4.09. The third kappa shape index (κ3) is 5.10. The normalized spacial score (nSPS) is 14.3. The molecule has 6 nitrogen and oxygen atoms in total. The Bertz CT molecular complexity index is 707. The predicted molar refractivity (Wildman–Crippen MR) is 62.7 cm³/mol. The number of nitrogens with zero attached hydrogens (tertiary/aromatic N) is 2. The van der Waals surface area contributed by atoms with Crippen molar-refractivity contribution < 1.29 is 36.7 Å². The highest BCUT2D eigenvalue weighted by Gasteiger charge is 2.39. The molecular formula is C10H9F4N2O4S+. The van der Waals surface area contributed by atoms with E-state index >= 15 is 0 Å². The van der Waals surface area contributed by atoms with Crippen LogP contribution in [0.2, 0.25) is 0 Å². The van der Waals surface area contributed by atoms with Crippen molar-refractivity contribution in [1.82, 2.24) is 0 Å². The van der Waals surface area contributed by atoms with Gasteiger partial charge in [0.15, 0.2) is 0 Å². The summed E-state index contributed by atoms with van der Waals surface area (Å²) >= 11 is 0. The maximum absolute atomic E-state index is 13.2. The molecule has 1 aromatic rings. The van der Waals surface area contributed by atoms with Gasteiger partial charge in [0.1, 0.15) is 5.82 Å². The van der Waals surface area contributed by atoms with Gasteiger partial charge in [0.2, 0.25) is 0 Å². The standard InChI is InChI=1S/C10H9F4N2O4S/c1-21(20,15-9(17)10(12,13)14)5-6-2-7(11)4-8(3-6)16(18)19/h2-4H,5H2,1H3,(H,18,19)/q+1. The van der Waals surface area contributed by atoms with E-state index in [0.717, 1.165) is 18.4 Å². The van der Waals surface area contributed by atoms with E-state index in [1.54, 1.807) is 0 Å². The first-order valence-electron chi connectivity index (χ1n) is 5.17. The highest BCUT2D eigenvalue weighted by Crippen LogP contribution is 2.20. The number of halogens is 4. The van der Waals surface area contributed by atoms with Gasteiger partial charge < -0.3 is 0 Å². The molecule has 0 aliphatic heterocycles. The summed E-state index contributed by atoms with van der Waals surface area (Å²) in [6.07, 6.45) is -4.47. The van der Waals surface area contributed by atoms with Crippen molar-refractivity contribution in [3.63, 3.8) is 0 Å². The number of hydrogen-bond acceptors (Lipinski definition) is 3. The van der Waals surface area contributed by atoms with Crippen LogP contribution in [-0.2, 0) is 20.3 Å². The molecule has 0 aromatic heterocycles. The van der Waals surface area contributed by atoms with Gasteiger partial charge in [-0.2, -0.15) is 17.5 Å². The van der Waals surface area contributed by atoms with Crippen LogP contribution in [0.5, 0.6) is 0 Å². The van der Waals surface area contributed by atoms with Crippen molar-refractivity contribution in [2.45, 2.75) is 11.9 Å². The Morgan fingerprint density at radius 3 is 2.43 bits per heavy atom. The monoisotopic (exact) mass is 329 g/mol. The lowest BCUT2D eigenvalue weighted by Crippen LogP contribution is -2.22. The highest BCUT2D eigenvalue weighted by molar-refractivity contribution is 7.92. The number of rotatable bonds is 3. The van der Waals surface area contributed by atoms with Crippen molar-refractivity contribution in [3.8, 4) is 0 Å². The first kappa shape index (κ1) is 17.0. The summed E-state index contributed by atoms with van der Waals surface area (Å²) < 4.78 is 63.7. The van der Waals surface area contributed by atoms with Crippen molar-refractivity contribution in [2.24, 2.45) is 4.36 Å². The molecule has 1 rings (SSSR count). The lowest BCUT2D eigenvalue weighted by atomic mass is 10.2. The topological polar surface area (TPSA) is 86.8 Å². The smallest absolute Gasteiger partial charge is 0.261 e. The van der Waals surface area contributed by atoms with E-state index in [9.17, 15) is 31.5 Å². The Morgan fingerprint density at radius 2 is 1.95 bits per heavy atom. The molecule has 0 fully saturated rings. The minimum Gasteiger partial charge on any atom is -0.261 e. The molecule has 1 aromatic carbocycles. The second-order valence-corrected chi connectivity index (χ2v) is 6.48. The zero-order valence-electron chi connectivity index (χ0n) is 10.4. The van der Waals surface area contributed by atoms with Gasteiger partial charge in [0.05, 0.1) is 26.5 Å². The van der Waals surface area contributed by atoms with Gasteiger partial charge in [-0.3, -0.25) is 4.79 Å². The summed E-state index contributed by atoms with van der Waals surface area (Å²) in [5, 5.41) is 8.64. The molecule has 116 valence electrons. The molecule has 0 bridgehead atoms. The number of benzene rings is 1. The quantitative estimate of drug-likeness (QED) is 0.681. The molecule has 0 spiro atoms. The van der Waals surface area contributed by atoms with Crippen molar-refractivity contribution in [3.05, 3.63) is 34.5 Å². The molecule has 1 amide bonds. The fraction of sp³-hybridized carbons (Fsp3) is 0.300. The third-order valence-electron chi connectivity index (χ3n) is 2.12. The molecule has 0 aliphatic carbocycles.